The Morgan fingerprint density at radius 1 is 1.09 bits per heavy atom. The van der Waals surface area contributed by atoms with Gasteiger partial charge in [0, 0.05) is 12.6 Å². The highest BCUT2D eigenvalue weighted by Crippen LogP contribution is 2.15. The molecule has 0 aromatic heterocycles. The number of hydrogen-bond donors (Lipinski definition) is 2. The number of nitrogens with one attached hydrogen (secondary N) is 2. The van der Waals surface area contributed by atoms with Gasteiger partial charge in [-0.1, -0.05) is 36.4 Å². The first kappa shape index (κ1) is 16.4. The van der Waals surface area contributed by atoms with Crippen LogP contribution in [-0.2, 0) is 9.59 Å². The van der Waals surface area contributed by atoms with Gasteiger partial charge in [-0.3, -0.25) is 9.59 Å². The summed E-state index contributed by atoms with van der Waals surface area (Å²) in [5.74, 6) is -1.29. The number of halogens is 1. The zero-order valence-electron chi connectivity index (χ0n) is 12.9. The van der Waals surface area contributed by atoms with Gasteiger partial charge >= 0.3 is 0 Å². The van der Waals surface area contributed by atoms with E-state index in [0.717, 1.165) is 5.56 Å². The molecule has 0 aliphatic carbocycles. The fraction of sp³-hybridized carbons (Fsp3) is 0.111. The molecule has 0 bridgehead atoms. The molecule has 2 aromatic carbocycles. The third-order valence-corrected chi connectivity index (χ3v) is 3.10. The SMILES string of the molecule is CC(=O)NC(=Cc1ccccc1)C(=O)Nc1ccc(C)c(F)c1. The molecule has 0 unspecified atom stereocenters. The van der Waals surface area contributed by atoms with E-state index in [2.05, 4.69) is 10.6 Å². The van der Waals surface area contributed by atoms with Crippen LogP contribution in [0.4, 0.5) is 10.1 Å². The third-order valence-electron chi connectivity index (χ3n) is 3.10. The Balaban J connectivity index is 2.24. The van der Waals surface area contributed by atoms with Gasteiger partial charge in [-0.15, -0.1) is 0 Å². The summed E-state index contributed by atoms with van der Waals surface area (Å²) < 4.78 is 13.6. The molecule has 4 nitrogen and oxygen atoms in total. The maximum atomic E-state index is 13.6. The van der Waals surface area contributed by atoms with Crippen molar-refractivity contribution in [2.75, 3.05) is 5.32 Å². The van der Waals surface area contributed by atoms with Gasteiger partial charge in [0.1, 0.15) is 11.5 Å². The van der Waals surface area contributed by atoms with Gasteiger partial charge in [0.15, 0.2) is 0 Å². The van der Waals surface area contributed by atoms with E-state index in [1.165, 1.54) is 13.0 Å². The topological polar surface area (TPSA) is 58.2 Å². The predicted octanol–water partition coefficient (Wildman–Crippen LogP) is 3.25. The molecular weight excluding hydrogens is 295 g/mol. The van der Waals surface area contributed by atoms with Gasteiger partial charge in [-0.2, -0.15) is 0 Å². The molecule has 0 spiro atoms. The van der Waals surface area contributed by atoms with E-state index in [9.17, 15) is 14.0 Å². The van der Waals surface area contributed by atoms with Gasteiger partial charge in [-0.05, 0) is 36.3 Å². The average molecular weight is 312 g/mol. The molecule has 0 radical (unpaired) electrons. The predicted molar refractivity (Wildman–Crippen MR) is 88.0 cm³/mol. The van der Waals surface area contributed by atoms with Crippen LogP contribution in [0, 0.1) is 12.7 Å². The maximum Gasteiger partial charge on any atom is 0.272 e. The number of rotatable bonds is 4. The molecule has 2 aromatic rings. The number of benzene rings is 2. The summed E-state index contributed by atoms with van der Waals surface area (Å²) >= 11 is 0. The van der Waals surface area contributed by atoms with E-state index < -0.39 is 11.7 Å². The molecular formula is C18H17FN2O2. The zero-order valence-corrected chi connectivity index (χ0v) is 12.9. The summed E-state index contributed by atoms with van der Waals surface area (Å²) in [7, 11) is 0. The highest BCUT2D eigenvalue weighted by atomic mass is 19.1. The highest BCUT2D eigenvalue weighted by Gasteiger charge is 2.12. The van der Waals surface area contributed by atoms with Crippen LogP contribution in [0.3, 0.4) is 0 Å². The summed E-state index contributed by atoms with van der Waals surface area (Å²) in [6, 6.07) is 13.5. The smallest absolute Gasteiger partial charge is 0.272 e. The van der Waals surface area contributed by atoms with Crippen molar-refractivity contribution >= 4 is 23.6 Å². The molecule has 0 aliphatic heterocycles. The molecule has 0 fully saturated rings. The first-order valence-corrected chi connectivity index (χ1v) is 7.07. The molecule has 2 amide bonds. The van der Waals surface area contributed by atoms with Crippen LogP contribution in [0.1, 0.15) is 18.1 Å². The zero-order chi connectivity index (χ0) is 16.8. The Kier molecular flexibility index (Phi) is 5.25. The molecule has 2 rings (SSSR count). The molecule has 118 valence electrons. The third kappa shape index (κ3) is 4.78. The lowest BCUT2D eigenvalue weighted by Crippen LogP contribution is -2.29. The Hall–Kier alpha value is -2.95. The Morgan fingerprint density at radius 3 is 2.39 bits per heavy atom. The number of amides is 2. The van der Waals surface area contributed by atoms with E-state index >= 15 is 0 Å². The van der Waals surface area contributed by atoms with E-state index in [1.54, 1.807) is 37.3 Å². The van der Waals surface area contributed by atoms with Crippen molar-refractivity contribution in [1.82, 2.24) is 5.32 Å². The lowest BCUT2D eigenvalue weighted by atomic mass is 10.1. The van der Waals surface area contributed by atoms with E-state index in [0.29, 0.717) is 11.3 Å². The van der Waals surface area contributed by atoms with Gasteiger partial charge in [0.05, 0.1) is 0 Å². The number of carbonyl (C=O) groups is 2. The second kappa shape index (κ2) is 7.35. The lowest BCUT2D eigenvalue weighted by Gasteiger charge is -2.10. The van der Waals surface area contributed by atoms with E-state index in [1.807, 2.05) is 18.2 Å². The van der Waals surface area contributed by atoms with Crippen LogP contribution in [-0.4, -0.2) is 11.8 Å². The summed E-state index contributed by atoms with van der Waals surface area (Å²) in [6.45, 7) is 2.95. The summed E-state index contributed by atoms with van der Waals surface area (Å²) in [5.41, 5.74) is 1.67. The number of carbonyl (C=O) groups excluding carboxylic acids is 2. The van der Waals surface area contributed by atoms with Crippen LogP contribution >= 0.6 is 0 Å². The van der Waals surface area contributed by atoms with Gasteiger partial charge in [0.25, 0.3) is 5.91 Å². The van der Waals surface area contributed by atoms with Gasteiger partial charge in [0.2, 0.25) is 5.91 Å². The van der Waals surface area contributed by atoms with Crippen molar-refractivity contribution in [2.45, 2.75) is 13.8 Å². The van der Waals surface area contributed by atoms with Gasteiger partial charge in [-0.25, -0.2) is 4.39 Å². The molecule has 0 saturated carbocycles. The standard InChI is InChI=1S/C18H17FN2O2/c1-12-8-9-15(11-16(12)19)21-18(23)17(20-13(2)22)10-14-6-4-3-5-7-14/h3-11H,1-2H3,(H,20,22)(H,21,23). The van der Waals surface area contributed by atoms with Crippen molar-refractivity contribution in [1.29, 1.82) is 0 Å². The van der Waals surface area contributed by atoms with Crippen LogP contribution in [0.15, 0.2) is 54.2 Å². The minimum absolute atomic E-state index is 0.0877. The summed E-state index contributed by atoms with van der Waals surface area (Å²) in [6.07, 6.45) is 1.56. The van der Waals surface area contributed by atoms with E-state index in [-0.39, 0.29) is 11.6 Å². The fourth-order valence-electron chi connectivity index (χ4n) is 1.93. The van der Waals surface area contributed by atoms with Crippen LogP contribution in [0.25, 0.3) is 6.08 Å². The van der Waals surface area contributed by atoms with Crippen molar-refractivity contribution in [3.63, 3.8) is 0 Å². The van der Waals surface area contributed by atoms with Crippen molar-refractivity contribution < 1.29 is 14.0 Å². The Morgan fingerprint density at radius 2 is 1.78 bits per heavy atom. The average Bonchev–Trinajstić information content (AvgIpc) is 2.51. The fourth-order valence-corrected chi connectivity index (χ4v) is 1.93. The number of anilines is 1. The maximum absolute atomic E-state index is 13.6. The molecule has 0 aliphatic rings. The van der Waals surface area contributed by atoms with E-state index in [4.69, 9.17) is 0 Å². The van der Waals surface area contributed by atoms with Crippen molar-refractivity contribution in [3.8, 4) is 0 Å². The van der Waals surface area contributed by atoms with Crippen LogP contribution in [0.5, 0.6) is 0 Å². The molecule has 0 heterocycles. The quantitative estimate of drug-likeness (QED) is 0.851. The molecule has 0 atom stereocenters. The summed E-state index contributed by atoms with van der Waals surface area (Å²) in [4.78, 5) is 23.6. The highest BCUT2D eigenvalue weighted by molar-refractivity contribution is 6.08. The second-order valence-electron chi connectivity index (χ2n) is 5.07. The van der Waals surface area contributed by atoms with Crippen LogP contribution < -0.4 is 10.6 Å². The molecule has 5 heteroatoms. The second-order valence-corrected chi connectivity index (χ2v) is 5.07. The normalized spacial score (nSPS) is 11.0. The Bertz CT molecular complexity index is 755. The first-order valence-electron chi connectivity index (χ1n) is 7.07. The monoisotopic (exact) mass is 312 g/mol. The number of hydrogen-bond acceptors (Lipinski definition) is 2. The largest absolute Gasteiger partial charge is 0.322 e. The minimum atomic E-state index is -0.521. The minimum Gasteiger partial charge on any atom is -0.322 e. The molecule has 23 heavy (non-hydrogen) atoms. The lowest BCUT2D eigenvalue weighted by molar-refractivity contribution is -0.120. The van der Waals surface area contributed by atoms with Crippen molar-refractivity contribution in [2.24, 2.45) is 0 Å². The summed E-state index contributed by atoms with van der Waals surface area (Å²) in [5, 5.41) is 5.06. The Labute approximate surface area is 134 Å². The molecule has 0 saturated heterocycles. The van der Waals surface area contributed by atoms with Crippen LogP contribution in [0.2, 0.25) is 0 Å². The van der Waals surface area contributed by atoms with Gasteiger partial charge < -0.3 is 10.6 Å². The van der Waals surface area contributed by atoms with Crippen molar-refractivity contribution in [3.05, 3.63) is 71.2 Å². The number of aryl methyl sites for hydroxylation is 1. The first-order chi connectivity index (χ1) is 11.0. The molecule has 2 N–H and O–H groups in total.